The van der Waals surface area contributed by atoms with Crippen molar-refractivity contribution in [2.75, 3.05) is 12.0 Å². The summed E-state index contributed by atoms with van der Waals surface area (Å²) < 4.78 is 1.11. The minimum atomic E-state index is -0.369. The zero-order valence-electron chi connectivity index (χ0n) is 12.4. The Balaban J connectivity index is 1.72. The largest absolute Gasteiger partial charge is 0.507 e. The fraction of sp³-hybridized carbons (Fsp3) is 0.0588. The van der Waals surface area contributed by atoms with E-state index in [-0.39, 0.29) is 23.6 Å². The van der Waals surface area contributed by atoms with Crippen LogP contribution in [0.25, 0.3) is 6.08 Å². The highest BCUT2D eigenvalue weighted by Gasteiger charge is 2.34. The number of hydrogen-bond donors (Lipinski definition) is 2. The summed E-state index contributed by atoms with van der Waals surface area (Å²) in [6, 6.07) is 14.3. The van der Waals surface area contributed by atoms with Crippen molar-refractivity contribution in [1.82, 2.24) is 4.90 Å². The molecule has 0 aliphatic carbocycles. The highest BCUT2D eigenvalue weighted by atomic mass is 127. The molecule has 7 heteroatoms. The number of carbonyl (C=O) groups excluding carboxylic acids is 2. The van der Waals surface area contributed by atoms with Crippen molar-refractivity contribution in [3.05, 3.63) is 62.6 Å². The number of phenolic OH excluding ortho intramolecular Hbond substituents is 1. The fourth-order valence-corrected chi connectivity index (χ4v) is 3.31. The summed E-state index contributed by atoms with van der Waals surface area (Å²) in [7, 11) is 0. The van der Waals surface area contributed by atoms with Crippen molar-refractivity contribution in [3.8, 4) is 5.75 Å². The SMILES string of the molecule is O=C1SC(=Cc2ccccc2O)C(=O)N1CNc1ccc(I)cc1. The molecule has 122 valence electrons. The summed E-state index contributed by atoms with van der Waals surface area (Å²) in [4.78, 5) is 25.9. The third-order valence-corrected chi connectivity index (χ3v) is 5.01. The number of hydrogen-bond acceptors (Lipinski definition) is 5. The molecule has 2 aromatic carbocycles. The summed E-state index contributed by atoms with van der Waals surface area (Å²) in [6.45, 7) is 0.101. The molecule has 24 heavy (non-hydrogen) atoms. The molecule has 1 heterocycles. The van der Waals surface area contributed by atoms with Crippen LogP contribution >= 0.6 is 34.4 Å². The van der Waals surface area contributed by atoms with Crippen molar-refractivity contribution in [3.63, 3.8) is 0 Å². The molecule has 0 spiro atoms. The van der Waals surface area contributed by atoms with Crippen LogP contribution < -0.4 is 5.32 Å². The maximum atomic E-state index is 12.4. The average molecular weight is 452 g/mol. The Bertz CT molecular complexity index is 821. The normalized spacial score (nSPS) is 16.0. The van der Waals surface area contributed by atoms with Crippen LogP contribution in [0.2, 0.25) is 0 Å². The van der Waals surface area contributed by atoms with Gasteiger partial charge in [-0.05, 0) is 70.8 Å². The molecule has 5 nitrogen and oxygen atoms in total. The van der Waals surface area contributed by atoms with Gasteiger partial charge in [0.25, 0.3) is 11.1 Å². The van der Waals surface area contributed by atoms with Gasteiger partial charge in [0.05, 0.1) is 11.6 Å². The molecule has 1 fully saturated rings. The lowest BCUT2D eigenvalue weighted by Gasteiger charge is -2.14. The number of nitrogens with zero attached hydrogens (tertiary/aromatic N) is 1. The Labute approximate surface area is 156 Å². The van der Waals surface area contributed by atoms with E-state index in [2.05, 4.69) is 27.9 Å². The van der Waals surface area contributed by atoms with Gasteiger partial charge in [0.1, 0.15) is 5.75 Å². The van der Waals surface area contributed by atoms with Crippen LogP contribution in [-0.2, 0) is 4.79 Å². The molecule has 2 N–H and O–H groups in total. The lowest BCUT2D eigenvalue weighted by Crippen LogP contribution is -2.33. The van der Waals surface area contributed by atoms with Gasteiger partial charge < -0.3 is 10.4 Å². The second kappa shape index (κ2) is 7.27. The van der Waals surface area contributed by atoms with Crippen molar-refractivity contribution in [1.29, 1.82) is 0 Å². The van der Waals surface area contributed by atoms with E-state index < -0.39 is 0 Å². The Morgan fingerprint density at radius 2 is 1.83 bits per heavy atom. The van der Waals surface area contributed by atoms with Crippen molar-refractivity contribution >= 4 is 57.3 Å². The lowest BCUT2D eigenvalue weighted by molar-refractivity contribution is -0.122. The molecule has 0 bridgehead atoms. The standard InChI is InChI=1S/C17H13IN2O3S/c18-12-5-7-13(8-6-12)19-10-20-16(22)15(24-17(20)23)9-11-3-1-2-4-14(11)21/h1-9,19,21H,10H2. The number of benzene rings is 2. The third-order valence-electron chi connectivity index (χ3n) is 3.38. The van der Waals surface area contributed by atoms with Crippen LogP contribution in [0, 0.1) is 3.57 Å². The highest BCUT2D eigenvalue weighted by Crippen LogP contribution is 2.33. The second-order valence-corrected chi connectivity index (χ2v) is 7.25. The van der Waals surface area contributed by atoms with Crippen LogP contribution in [0.4, 0.5) is 10.5 Å². The summed E-state index contributed by atoms with van der Waals surface area (Å²) in [6.07, 6.45) is 1.53. The van der Waals surface area contributed by atoms with Crippen LogP contribution in [0.15, 0.2) is 53.4 Å². The van der Waals surface area contributed by atoms with E-state index >= 15 is 0 Å². The van der Waals surface area contributed by atoms with E-state index in [1.807, 2.05) is 24.3 Å². The number of thioether (sulfide) groups is 1. The summed E-state index contributed by atoms with van der Waals surface area (Å²) in [5, 5.41) is 12.5. The predicted octanol–water partition coefficient (Wildman–Crippen LogP) is 4.10. The molecule has 1 aliphatic rings. The molecule has 2 amide bonds. The maximum absolute atomic E-state index is 12.4. The van der Waals surface area contributed by atoms with Gasteiger partial charge in [0, 0.05) is 14.8 Å². The van der Waals surface area contributed by atoms with Crippen molar-refractivity contribution in [2.45, 2.75) is 0 Å². The van der Waals surface area contributed by atoms with Gasteiger partial charge in [-0.1, -0.05) is 18.2 Å². The second-order valence-electron chi connectivity index (χ2n) is 5.01. The number of halogens is 1. The Morgan fingerprint density at radius 3 is 2.54 bits per heavy atom. The number of phenols is 1. The molecule has 2 aromatic rings. The molecular weight excluding hydrogens is 439 g/mol. The van der Waals surface area contributed by atoms with Crippen LogP contribution in [-0.4, -0.2) is 27.8 Å². The smallest absolute Gasteiger partial charge is 0.295 e. The van der Waals surface area contributed by atoms with Gasteiger partial charge in [-0.3, -0.25) is 14.5 Å². The first-order valence-electron chi connectivity index (χ1n) is 7.07. The van der Waals surface area contributed by atoms with Gasteiger partial charge >= 0.3 is 0 Å². The number of anilines is 1. The molecule has 0 radical (unpaired) electrons. The summed E-state index contributed by atoms with van der Waals surface area (Å²) >= 11 is 3.08. The minimum Gasteiger partial charge on any atom is -0.507 e. The van der Waals surface area contributed by atoms with Gasteiger partial charge in [-0.15, -0.1) is 0 Å². The number of para-hydroxylation sites is 1. The molecular formula is C17H13IN2O3S. The highest BCUT2D eigenvalue weighted by molar-refractivity contribution is 14.1. The predicted molar refractivity (Wildman–Crippen MR) is 104 cm³/mol. The van der Waals surface area contributed by atoms with Crippen LogP contribution in [0.1, 0.15) is 5.56 Å². The van der Waals surface area contributed by atoms with E-state index in [0.717, 1.165) is 25.9 Å². The van der Waals surface area contributed by atoms with Crippen LogP contribution in [0.5, 0.6) is 5.75 Å². The lowest BCUT2D eigenvalue weighted by atomic mass is 10.2. The molecule has 0 atom stereocenters. The zero-order chi connectivity index (χ0) is 17.1. The molecule has 0 unspecified atom stereocenters. The van der Waals surface area contributed by atoms with Crippen molar-refractivity contribution < 1.29 is 14.7 Å². The first-order valence-corrected chi connectivity index (χ1v) is 8.97. The molecule has 3 rings (SSSR count). The van der Waals surface area contributed by atoms with E-state index in [9.17, 15) is 14.7 Å². The first kappa shape index (κ1) is 16.8. The van der Waals surface area contributed by atoms with E-state index in [0.29, 0.717) is 10.5 Å². The zero-order valence-corrected chi connectivity index (χ0v) is 15.4. The Hall–Kier alpha value is -2.00. The summed E-state index contributed by atoms with van der Waals surface area (Å²) in [5.41, 5.74) is 1.34. The van der Waals surface area contributed by atoms with E-state index in [1.54, 1.807) is 18.2 Å². The topological polar surface area (TPSA) is 69.6 Å². The maximum Gasteiger partial charge on any atom is 0.295 e. The number of carbonyl (C=O) groups is 2. The first-order chi connectivity index (χ1) is 11.5. The van der Waals surface area contributed by atoms with Crippen LogP contribution in [0.3, 0.4) is 0 Å². The Kier molecular flexibility index (Phi) is 5.10. The molecule has 0 saturated carbocycles. The van der Waals surface area contributed by atoms with Gasteiger partial charge in [0.2, 0.25) is 0 Å². The van der Waals surface area contributed by atoms with E-state index in [1.165, 1.54) is 12.1 Å². The molecule has 1 aliphatic heterocycles. The Morgan fingerprint density at radius 1 is 1.12 bits per heavy atom. The third kappa shape index (κ3) is 3.73. The van der Waals surface area contributed by atoms with Crippen molar-refractivity contribution in [2.24, 2.45) is 0 Å². The average Bonchev–Trinajstić information content (AvgIpc) is 2.83. The molecule has 1 saturated heterocycles. The van der Waals surface area contributed by atoms with Gasteiger partial charge in [-0.2, -0.15) is 0 Å². The molecule has 0 aromatic heterocycles. The number of amides is 2. The fourth-order valence-electron chi connectivity index (χ4n) is 2.13. The van der Waals surface area contributed by atoms with Gasteiger partial charge in [0.15, 0.2) is 0 Å². The van der Waals surface area contributed by atoms with E-state index in [4.69, 9.17) is 0 Å². The number of nitrogens with one attached hydrogen (secondary N) is 1. The number of aromatic hydroxyl groups is 1. The monoisotopic (exact) mass is 452 g/mol. The summed E-state index contributed by atoms with van der Waals surface area (Å²) in [5.74, 6) is -0.299. The minimum absolute atomic E-state index is 0.0707. The number of imide groups is 1. The number of rotatable bonds is 4. The van der Waals surface area contributed by atoms with Gasteiger partial charge in [-0.25, -0.2) is 0 Å². The quantitative estimate of drug-likeness (QED) is 0.540.